The Bertz CT molecular complexity index is 1390. The van der Waals surface area contributed by atoms with E-state index in [1.807, 2.05) is 37.3 Å². The average Bonchev–Trinajstić information content (AvgIpc) is 3.43. The van der Waals surface area contributed by atoms with Crippen LogP contribution in [0.1, 0.15) is 43.7 Å². The quantitative estimate of drug-likeness (QED) is 0.331. The predicted octanol–water partition coefficient (Wildman–Crippen LogP) is 5.43. The summed E-state index contributed by atoms with van der Waals surface area (Å²) in [6.07, 6.45) is 4.00. The van der Waals surface area contributed by atoms with Gasteiger partial charge in [0.25, 0.3) is 10.0 Å². The Hall–Kier alpha value is -3.17. The first kappa shape index (κ1) is 28.8. The van der Waals surface area contributed by atoms with Crippen LogP contribution >= 0.6 is 15.9 Å². The smallest absolute Gasteiger partial charge is 0.264 e. The number of sulfonamides is 1. The molecule has 206 valence electrons. The number of benzene rings is 3. The predicted molar refractivity (Wildman–Crippen MR) is 157 cm³/mol. The lowest BCUT2D eigenvalue weighted by molar-refractivity contribution is -0.139. The van der Waals surface area contributed by atoms with Crippen molar-refractivity contribution in [2.75, 3.05) is 10.8 Å². The Morgan fingerprint density at radius 2 is 1.64 bits per heavy atom. The number of anilines is 1. The third-order valence-corrected chi connectivity index (χ3v) is 9.33. The van der Waals surface area contributed by atoms with Crippen molar-refractivity contribution in [3.05, 3.63) is 94.5 Å². The minimum absolute atomic E-state index is 0.0857. The third kappa shape index (κ3) is 7.28. The van der Waals surface area contributed by atoms with E-state index in [9.17, 15) is 18.0 Å². The van der Waals surface area contributed by atoms with Crippen LogP contribution in [-0.4, -0.2) is 43.8 Å². The van der Waals surface area contributed by atoms with E-state index < -0.39 is 28.5 Å². The normalized spacial score (nSPS) is 14.5. The van der Waals surface area contributed by atoms with Crippen LogP contribution in [0.15, 0.2) is 88.2 Å². The summed E-state index contributed by atoms with van der Waals surface area (Å²) in [4.78, 5) is 28.8. The number of hydrogen-bond donors (Lipinski definition) is 1. The molecule has 4 rings (SSSR count). The van der Waals surface area contributed by atoms with Gasteiger partial charge in [-0.25, -0.2) is 8.42 Å². The number of amides is 2. The van der Waals surface area contributed by atoms with Gasteiger partial charge in [-0.1, -0.05) is 82.9 Å². The molecule has 1 fully saturated rings. The Kier molecular flexibility index (Phi) is 9.45. The molecule has 2 amide bonds. The van der Waals surface area contributed by atoms with Crippen LogP contribution in [-0.2, 0) is 26.2 Å². The number of nitrogens with zero attached hydrogens (tertiary/aromatic N) is 2. The number of hydrogen-bond acceptors (Lipinski definition) is 4. The van der Waals surface area contributed by atoms with Gasteiger partial charge in [0.2, 0.25) is 11.8 Å². The van der Waals surface area contributed by atoms with Gasteiger partial charge in [0.1, 0.15) is 12.6 Å². The maximum absolute atomic E-state index is 14.0. The second-order valence-electron chi connectivity index (χ2n) is 9.98. The second-order valence-corrected chi connectivity index (χ2v) is 12.8. The van der Waals surface area contributed by atoms with Crippen LogP contribution in [0.4, 0.5) is 5.69 Å². The van der Waals surface area contributed by atoms with Crippen molar-refractivity contribution in [3.63, 3.8) is 0 Å². The number of nitrogens with one attached hydrogen (secondary N) is 1. The lowest BCUT2D eigenvalue weighted by atomic mass is 10.1. The zero-order valence-electron chi connectivity index (χ0n) is 22.2. The highest BCUT2D eigenvalue weighted by atomic mass is 79.9. The maximum Gasteiger partial charge on any atom is 0.264 e. The minimum Gasteiger partial charge on any atom is -0.352 e. The summed E-state index contributed by atoms with van der Waals surface area (Å²) in [5, 5.41) is 3.08. The van der Waals surface area contributed by atoms with Gasteiger partial charge in [-0.3, -0.25) is 13.9 Å². The molecule has 1 N–H and O–H groups in total. The molecule has 0 heterocycles. The Balaban J connectivity index is 1.67. The molecule has 1 aliphatic carbocycles. The van der Waals surface area contributed by atoms with Crippen LogP contribution in [0.3, 0.4) is 0 Å². The molecule has 0 unspecified atom stereocenters. The molecule has 0 bridgehead atoms. The van der Waals surface area contributed by atoms with E-state index in [2.05, 4.69) is 21.2 Å². The van der Waals surface area contributed by atoms with Crippen molar-refractivity contribution < 1.29 is 18.0 Å². The molecule has 1 aliphatic rings. The summed E-state index contributed by atoms with van der Waals surface area (Å²) in [7, 11) is -4.09. The Morgan fingerprint density at radius 1 is 0.974 bits per heavy atom. The van der Waals surface area contributed by atoms with Gasteiger partial charge in [-0.15, -0.1) is 0 Å². The molecule has 0 saturated heterocycles. The van der Waals surface area contributed by atoms with Crippen LogP contribution in [0.5, 0.6) is 0 Å². The Labute approximate surface area is 239 Å². The van der Waals surface area contributed by atoms with E-state index in [-0.39, 0.29) is 23.4 Å². The molecular formula is C30H34BrN3O4S. The SMILES string of the molecule is Cc1ccc(S(=O)(=O)N(CC(=O)N(Cc2ccccc2)[C@H](C)C(=O)NC2CCCC2)c2cccc(Br)c2)cc1. The van der Waals surface area contributed by atoms with Gasteiger partial charge in [0.15, 0.2) is 0 Å². The molecule has 1 atom stereocenters. The fraction of sp³-hybridized carbons (Fsp3) is 0.333. The van der Waals surface area contributed by atoms with Crippen molar-refractivity contribution in [1.82, 2.24) is 10.2 Å². The van der Waals surface area contributed by atoms with E-state index >= 15 is 0 Å². The van der Waals surface area contributed by atoms with Crippen LogP contribution in [0.2, 0.25) is 0 Å². The van der Waals surface area contributed by atoms with Crippen LogP contribution in [0.25, 0.3) is 0 Å². The topological polar surface area (TPSA) is 86.8 Å². The van der Waals surface area contributed by atoms with Gasteiger partial charge in [0.05, 0.1) is 10.6 Å². The maximum atomic E-state index is 14.0. The number of carbonyl (C=O) groups excluding carboxylic acids is 2. The number of rotatable bonds is 10. The zero-order chi connectivity index (χ0) is 28.0. The fourth-order valence-corrected chi connectivity index (χ4v) is 6.55. The summed E-state index contributed by atoms with van der Waals surface area (Å²) < 4.78 is 29.5. The first-order valence-electron chi connectivity index (χ1n) is 13.1. The Morgan fingerprint density at radius 3 is 2.28 bits per heavy atom. The van der Waals surface area contributed by atoms with Crippen LogP contribution < -0.4 is 9.62 Å². The van der Waals surface area contributed by atoms with E-state index in [4.69, 9.17) is 0 Å². The average molecular weight is 613 g/mol. The van der Waals surface area contributed by atoms with Gasteiger partial charge in [0, 0.05) is 17.1 Å². The highest BCUT2D eigenvalue weighted by molar-refractivity contribution is 9.10. The van der Waals surface area contributed by atoms with Crippen molar-refractivity contribution in [1.29, 1.82) is 0 Å². The molecule has 3 aromatic carbocycles. The summed E-state index contributed by atoms with van der Waals surface area (Å²) in [6, 6.07) is 22.1. The standard InChI is InChI=1S/C30H34BrN3O4S/c1-22-15-17-28(18-16-22)39(37,38)34(27-14-8-11-25(31)19-27)21-29(35)33(20-24-9-4-3-5-10-24)23(2)30(36)32-26-12-6-7-13-26/h3-5,8-11,14-19,23,26H,6-7,12-13,20-21H2,1-2H3,(H,32,36)/t23-/m1/s1. The lowest BCUT2D eigenvalue weighted by Gasteiger charge is -2.32. The van der Waals surface area contributed by atoms with Crippen molar-refractivity contribution >= 4 is 43.5 Å². The molecule has 0 spiro atoms. The molecule has 39 heavy (non-hydrogen) atoms. The van der Waals surface area contributed by atoms with E-state index in [1.165, 1.54) is 4.90 Å². The molecule has 3 aromatic rings. The van der Waals surface area contributed by atoms with Crippen LogP contribution in [0, 0.1) is 6.92 Å². The second kappa shape index (κ2) is 12.8. The van der Waals surface area contributed by atoms with Crippen molar-refractivity contribution in [2.24, 2.45) is 0 Å². The summed E-state index contributed by atoms with van der Waals surface area (Å²) >= 11 is 3.42. The van der Waals surface area contributed by atoms with Gasteiger partial charge in [-0.05, 0) is 62.6 Å². The molecule has 7 nitrogen and oxygen atoms in total. The van der Waals surface area contributed by atoms with Gasteiger partial charge < -0.3 is 10.2 Å². The molecule has 0 aliphatic heterocycles. The highest BCUT2D eigenvalue weighted by Crippen LogP contribution is 2.27. The monoisotopic (exact) mass is 611 g/mol. The molecule has 9 heteroatoms. The van der Waals surface area contributed by atoms with E-state index in [0.717, 1.165) is 41.1 Å². The lowest BCUT2D eigenvalue weighted by Crippen LogP contribution is -2.52. The summed E-state index contributed by atoms with van der Waals surface area (Å²) in [5.41, 5.74) is 2.12. The van der Waals surface area contributed by atoms with Crippen molar-refractivity contribution in [2.45, 2.75) is 63.1 Å². The van der Waals surface area contributed by atoms with Gasteiger partial charge >= 0.3 is 0 Å². The first-order chi connectivity index (χ1) is 18.6. The molecule has 0 aromatic heterocycles. The highest BCUT2D eigenvalue weighted by Gasteiger charge is 2.33. The number of aryl methyl sites for hydroxylation is 1. The fourth-order valence-electron chi connectivity index (χ4n) is 4.75. The summed E-state index contributed by atoms with van der Waals surface area (Å²) in [5.74, 6) is -0.704. The van der Waals surface area contributed by atoms with E-state index in [1.54, 1.807) is 55.5 Å². The van der Waals surface area contributed by atoms with E-state index in [0.29, 0.717) is 10.2 Å². The summed E-state index contributed by atoms with van der Waals surface area (Å²) in [6.45, 7) is 3.30. The van der Waals surface area contributed by atoms with Gasteiger partial charge in [-0.2, -0.15) is 0 Å². The largest absolute Gasteiger partial charge is 0.352 e. The van der Waals surface area contributed by atoms with Crippen molar-refractivity contribution in [3.8, 4) is 0 Å². The molecule has 1 saturated carbocycles. The third-order valence-electron chi connectivity index (χ3n) is 7.05. The molecule has 0 radical (unpaired) electrons. The first-order valence-corrected chi connectivity index (χ1v) is 15.4. The molecular weight excluding hydrogens is 578 g/mol. The minimum atomic E-state index is -4.09. The number of carbonyl (C=O) groups is 2. The number of halogens is 1. The zero-order valence-corrected chi connectivity index (χ0v) is 24.6.